The van der Waals surface area contributed by atoms with E-state index in [1.165, 1.54) is 43.1 Å². The fourth-order valence-corrected chi connectivity index (χ4v) is 3.42. The summed E-state index contributed by atoms with van der Waals surface area (Å²) in [7, 11) is 0. The van der Waals surface area contributed by atoms with Gasteiger partial charge in [-0.1, -0.05) is 60.7 Å². The van der Waals surface area contributed by atoms with E-state index >= 15 is 0 Å². The topological polar surface area (TPSA) is 0 Å². The van der Waals surface area contributed by atoms with E-state index in [2.05, 4.69) is 60.7 Å². The Morgan fingerprint density at radius 2 is 0.950 bits per heavy atom. The van der Waals surface area contributed by atoms with Gasteiger partial charge >= 0.3 is 0 Å². The lowest BCUT2D eigenvalue weighted by Gasteiger charge is -2.13. The van der Waals surface area contributed by atoms with Crippen LogP contribution >= 0.6 is 0 Å². The zero-order valence-corrected chi connectivity index (χ0v) is 10.8. The molecule has 0 saturated heterocycles. The molecule has 0 aromatic heterocycles. The summed E-state index contributed by atoms with van der Waals surface area (Å²) in [6.45, 7) is 0. The molecule has 90 valence electrons. The molecule has 0 saturated carbocycles. The predicted octanol–water partition coefficient (Wildman–Crippen LogP) is 5.34. The van der Waals surface area contributed by atoms with Gasteiger partial charge in [-0.05, 0) is 55.2 Å². The normalized spacial score (nSPS) is 12.0. The molecule has 0 unspecified atom stereocenters. The first-order chi connectivity index (χ1) is 9.93. The highest BCUT2D eigenvalue weighted by atomic mass is 14.1. The average Bonchev–Trinajstić information content (AvgIpc) is 2.52. The van der Waals surface area contributed by atoms with Gasteiger partial charge in [0.05, 0.1) is 0 Å². The van der Waals surface area contributed by atoms with Crippen molar-refractivity contribution in [2.45, 2.75) is 0 Å². The van der Waals surface area contributed by atoms with Gasteiger partial charge in [-0.2, -0.15) is 0 Å². The van der Waals surface area contributed by atoms with Gasteiger partial charge in [0.1, 0.15) is 0 Å². The van der Waals surface area contributed by atoms with Crippen LogP contribution in [0, 0.1) is 12.1 Å². The highest BCUT2D eigenvalue weighted by molar-refractivity contribution is 6.32. The lowest BCUT2D eigenvalue weighted by molar-refractivity contribution is 1.77. The monoisotopic (exact) mass is 250 g/mol. The summed E-state index contributed by atoms with van der Waals surface area (Å²) in [6.07, 6.45) is 0. The van der Waals surface area contributed by atoms with Crippen LogP contribution in [0.2, 0.25) is 0 Å². The molecule has 0 bridgehead atoms. The molecule has 0 aliphatic heterocycles. The minimum Gasteiger partial charge on any atom is -0.0610 e. The SMILES string of the molecule is [c]1ccc2c3cc[c]c4cccc(c5cccc1c25)c43. The van der Waals surface area contributed by atoms with E-state index < -0.39 is 0 Å². The summed E-state index contributed by atoms with van der Waals surface area (Å²) in [5, 5.41) is 10.3. The predicted molar refractivity (Wildman–Crippen MR) is 85.3 cm³/mol. The van der Waals surface area contributed by atoms with E-state index in [-0.39, 0.29) is 0 Å². The van der Waals surface area contributed by atoms with E-state index in [1.54, 1.807) is 0 Å². The van der Waals surface area contributed by atoms with Gasteiger partial charge in [0.25, 0.3) is 0 Å². The van der Waals surface area contributed by atoms with Crippen LogP contribution in [0.4, 0.5) is 0 Å². The Morgan fingerprint density at radius 1 is 0.500 bits per heavy atom. The maximum atomic E-state index is 3.36. The van der Waals surface area contributed by atoms with Crippen molar-refractivity contribution in [2.24, 2.45) is 0 Å². The molecular weight excluding hydrogens is 240 g/mol. The first-order valence-electron chi connectivity index (χ1n) is 6.81. The molecular formula is C20H10. The van der Waals surface area contributed by atoms with Gasteiger partial charge in [-0.25, -0.2) is 0 Å². The summed E-state index contributed by atoms with van der Waals surface area (Å²) in [6, 6.07) is 28.1. The lowest BCUT2D eigenvalue weighted by atomic mass is 9.90. The Labute approximate surface area is 116 Å². The molecule has 0 heteroatoms. The number of rotatable bonds is 0. The highest BCUT2D eigenvalue weighted by Crippen LogP contribution is 2.39. The Bertz CT molecular complexity index is 917. The number of benzene rings is 5. The van der Waals surface area contributed by atoms with Gasteiger partial charge in [0.2, 0.25) is 0 Å². The summed E-state index contributed by atoms with van der Waals surface area (Å²) in [4.78, 5) is 0. The highest BCUT2D eigenvalue weighted by Gasteiger charge is 2.11. The zero-order valence-electron chi connectivity index (χ0n) is 10.8. The molecule has 0 nitrogen and oxygen atoms in total. The minimum atomic E-state index is 1.19. The van der Waals surface area contributed by atoms with Gasteiger partial charge in [0.15, 0.2) is 0 Å². The largest absolute Gasteiger partial charge is 0.0610 e. The first kappa shape index (κ1) is 10.2. The second kappa shape index (κ2) is 3.49. The molecule has 5 aromatic rings. The Kier molecular flexibility index (Phi) is 1.78. The fourth-order valence-electron chi connectivity index (χ4n) is 3.42. The Hall–Kier alpha value is -2.60. The third kappa shape index (κ3) is 1.12. The number of fused-ring (bicyclic) bond motifs is 2. The smallest absolute Gasteiger partial charge is 0.00201 e. The van der Waals surface area contributed by atoms with E-state index in [9.17, 15) is 0 Å². The molecule has 0 aliphatic rings. The molecule has 0 heterocycles. The van der Waals surface area contributed by atoms with E-state index in [0.29, 0.717) is 0 Å². The van der Waals surface area contributed by atoms with Crippen molar-refractivity contribution in [3.8, 4) is 0 Å². The third-order valence-electron chi connectivity index (χ3n) is 4.23. The lowest BCUT2D eigenvalue weighted by Crippen LogP contribution is -1.86. The van der Waals surface area contributed by atoms with Crippen LogP contribution in [0.3, 0.4) is 0 Å². The molecule has 20 heavy (non-hydrogen) atoms. The summed E-state index contributed by atoms with van der Waals surface area (Å²) in [5.41, 5.74) is 0. The molecule has 2 radical (unpaired) electrons. The zero-order chi connectivity index (χ0) is 13.1. The van der Waals surface area contributed by atoms with Crippen molar-refractivity contribution in [2.75, 3.05) is 0 Å². The molecule has 5 aromatic carbocycles. The van der Waals surface area contributed by atoms with Crippen molar-refractivity contribution in [1.29, 1.82) is 0 Å². The molecule has 0 atom stereocenters. The minimum absolute atomic E-state index is 1.19. The number of hydrogen-bond acceptors (Lipinski definition) is 0. The van der Waals surface area contributed by atoms with Crippen LogP contribution in [0.1, 0.15) is 0 Å². The van der Waals surface area contributed by atoms with Crippen LogP contribution in [-0.2, 0) is 0 Å². The maximum Gasteiger partial charge on any atom is -0.00201 e. The third-order valence-corrected chi connectivity index (χ3v) is 4.23. The second-order valence-corrected chi connectivity index (χ2v) is 5.24. The maximum absolute atomic E-state index is 3.36. The summed E-state index contributed by atoms with van der Waals surface area (Å²) in [5.74, 6) is 0. The van der Waals surface area contributed by atoms with Crippen molar-refractivity contribution >= 4 is 43.1 Å². The molecule has 0 spiro atoms. The van der Waals surface area contributed by atoms with E-state index in [0.717, 1.165) is 0 Å². The molecule has 5 rings (SSSR count). The van der Waals surface area contributed by atoms with Crippen LogP contribution in [0.25, 0.3) is 43.1 Å². The second-order valence-electron chi connectivity index (χ2n) is 5.24. The van der Waals surface area contributed by atoms with Gasteiger partial charge in [-0.3, -0.25) is 0 Å². The number of hydrogen-bond donors (Lipinski definition) is 0. The fraction of sp³-hybridized carbons (Fsp3) is 0. The van der Waals surface area contributed by atoms with Crippen LogP contribution in [0.15, 0.2) is 60.7 Å². The van der Waals surface area contributed by atoms with Gasteiger partial charge < -0.3 is 0 Å². The van der Waals surface area contributed by atoms with E-state index in [4.69, 9.17) is 0 Å². The first-order valence-corrected chi connectivity index (χ1v) is 6.81. The molecule has 0 amide bonds. The van der Waals surface area contributed by atoms with Crippen LogP contribution < -0.4 is 0 Å². The molecule has 0 fully saturated rings. The average molecular weight is 250 g/mol. The quantitative estimate of drug-likeness (QED) is 0.257. The van der Waals surface area contributed by atoms with Gasteiger partial charge in [0, 0.05) is 0 Å². The molecule has 0 aliphatic carbocycles. The van der Waals surface area contributed by atoms with Crippen molar-refractivity contribution in [3.63, 3.8) is 0 Å². The van der Waals surface area contributed by atoms with Crippen molar-refractivity contribution in [1.82, 2.24) is 0 Å². The Morgan fingerprint density at radius 3 is 1.45 bits per heavy atom. The van der Waals surface area contributed by atoms with Crippen LogP contribution in [-0.4, -0.2) is 0 Å². The van der Waals surface area contributed by atoms with Crippen LogP contribution in [0.5, 0.6) is 0 Å². The summed E-state index contributed by atoms with van der Waals surface area (Å²) < 4.78 is 0. The summed E-state index contributed by atoms with van der Waals surface area (Å²) >= 11 is 0. The van der Waals surface area contributed by atoms with Gasteiger partial charge in [-0.15, -0.1) is 0 Å². The van der Waals surface area contributed by atoms with Crippen molar-refractivity contribution in [3.05, 3.63) is 72.8 Å². The molecule has 0 N–H and O–H groups in total. The standard InChI is InChI=1S/C20H10/c1-5-13-6-2-11-17-18-12-4-8-14-7-3-10-16(20(14)18)15(9-1)19(13)17/h1-5,7,9-12H. The van der Waals surface area contributed by atoms with Crippen molar-refractivity contribution < 1.29 is 0 Å². The van der Waals surface area contributed by atoms with E-state index in [1.807, 2.05) is 12.1 Å². The Balaban J connectivity index is 2.32.